The van der Waals surface area contributed by atoms with E-state index in [0.717, 1.165) is 5.56 Å². The van der Waals surface area contributed by atoms with Crippen molar-refractivity contribution in [3.63, 3.8) is 0 Å². The van der Waals surface area contributed by atoms with Crippen LogP contribution in [0.1, 0.15) is 16.7 Å². The van der Waals surface area contributed by atoms with E-state index >= 15 is 0 Å². The number of hydrogen-bond acceptors (Lipinski definition) is 8. The van der Waals surface area contributed by atoms with E-state index in [9.17, 15) is 14.9 Å². The smallest absolute Gasteiger partial charge is 0.270 e. The number of nitro benzene ring substituents is 1. The fraction of sp³-hybridized carbons (Fsp3) is 0.0526. The average Bonchev–Trinajstić information content (AvgIpc) is 3.18. The highest BCUT2D eigenvalue weighted by Crippen LogP contribution is 2.28. The van der Waals surface area contributed by atoms with Crippen LogP contribution in [0.15, 0.2) is 58.9 Å². The van der Waals surface area contributed by atoms with E-state index in [1.54, 1.807) is 24.3 Å². The van der Waals surface area contributed by atoms with E-state index in [-0.39, 0.29) is 5.69 Å². The number of hydrogen-bond donors (Lipinski definition) is 1. The Bertz CT molecular complexity index is 1100. The van der Waals surface area contributed by atoms with Gasteiger partial charge >= 0.3 is 0 Å². The van der Waals surface area contributed by atoms with Crippen molar-refractivity contribution in [2.24, 2.45) is 0 Å². The molecule has 3 rings (SSSR count). The summed E-state index contributed by atoms with van der Waals surface area (Å²) in [7, 11) is 0. The van der Waals surface area contributed by atoms with Crippen molar-refractivity contribution in [3.8, 4) is 6.07 Å². The number of nitro groups is 1. The molecular weight excluding hydrogens is 410 g/mol. The molecule has 0 atom stereocenters. The number of carbonyl (C=O) groups excluding carboxylic acids is 1. The highest BCUT2D eigenvalue weighted by atomic mass is 32.2. The normalized spacial score (nSPS) is 10.6. The number of anilines is 1. The molecule has 0 aliphatic carbocycles. The third-order valence-electron chi connectivity index (χ3n) is 3.59. The number of nitrogens with zero attached hydrogens (tertiary/aromatic N) is 4. The molecule has 0 spiro atoms. The maximum Gasteiger partial charge on any atom is 0.270 e. The lowest BCUT2D eigenvalue weighted by Gasteiger charge is -1.98. The SMILES string of the molecule is N#Cc1ccc(CSc2nnc(NC(=O)/C=C/c3cccc([N+](=O)[O-])c3)s2)cc1. The van der Waals surface area contributed by atoms with E-state index in [1.165, 1.54) is 47.4 Å². The van der Waals surface area contributed by atoms with Gasteiger partial charge in [0.2, 0.25) is 11.0 Å². The first-order valence-corrected chi connectivity index (χ1v) is 10.0. The van der Waals surface area contributed by atoms with Crippen molar-refractivity contribution in [2.75, 3.05) is 5.32 Å². The topological polar surface area (TPSA) is 122 Å². The van der Waals surface area contributed by atoms with Crippen LogP contribution in [0.25, 0.3) is 6.08 Å². The van der Waals surface area contributed by atoms with Crippen LogP contribution >= 0.6 is 23.1 Å². The van der Waals surface area contributed by atoms with Gasteiger partial charge in [-0.15, -0.1) is 10.2 Å². The Morgan fingerprint density at radius 3 is 2.79 bits per heavy atom. The van der Waals surface area contributed by atoms with E-state index in [4.69, 9.17) is 5.26 Å². The summed E-state index contributed by atoms with van der Waals surface area (Å²) in [4.78, 5) is 22.3. The third-order valence-corrected chi connectivity index (χ3v) is 5.63. The third kappa shape index (κ3) is 5.97. The quantitative estimate of drug-likeness (QED) is 0.198. The summed E-state index contributed by atoms with van der Waals surface area (Å²) in [5.41, 5.74) is 2.17. The predicted molar refractivity (Wildman–Crippen MR) is 111 cm³/mol. The van der Waals surface area contributed by atoms with E-state index < -0.39 is 10.8 Å². The van der Waals surface area contributed by atoms with Crippen LogP contribution in [0.4, 0.5) is 10.8 Å². The van der Waals surface area contributed by atoms with Crippen LogP contribution in [0.2, 0.25) is 0 Å². The van der Waals surface area contributed by atoms with Gasteiger partial charge in [0.15, 0.2) is 4.34 Å². The average molecular weight is 423 g/mol. The lowest BCUT2D eigenvalue weighted by molar-refractivity contribution is -0.384. The Kier molecular flexibility index (Phi) is 6.67. The fourth-order valence-corrected chi connectivity index (χ4v) is 3.91. The van der Waals surface area contributed by atoms with Gasteiger partial charge in [0.05, 0.1) is 16.6 Å². The van der Waals surface area contributed by atoms with Gasteiger partial charge in [-0.1, -0.05) is 47.4 Å². The zero-order chi connectivity index (χ0) is 20.6. The zero-order valence-electron chi connectivity index (χ0n) is 14.8. The summed E-state index contributed by atoms with van der Waals surface area (Å²) in [6, 6.07) is 15.3. The number of amides is 1. The second kappa shape index (κ2) is 9.59. The summed E-state index contributed by atoms with van der Waals surface area (Å²) >= 11 is 2.73. The molecule has 1 heterocycles. The molecule has 0 fully saturated rings. The zero-order valence-corrected chi connectivity index (χ0v) is 16.4. The van der Waals surface area contributed by atoms with Crippen molar-refractivity contribution in [3.05, 3.63) is 81.4 Å². The van der Waals surface area contributed by atoms with Gasteiger partial charge in [-0.2, -0.15) is 5.26 Å². The number of rotatable bonds is 7. The number of non-ortho nitro benzene ring substituents is 1. The molecule has 29 heavy (non-hydrogen) atoms. The molecule has 144 valence electrons. The second-order valence-electron chi connectivity index (χ2n) is 5.65. The van der Waals surface area contributed by atoms with Crippen LogP contribution in [0, 0.1) is 21.4 Å². The van der Waals surface area contributed by atoms with Crippen LogP contribution < -0.4 is 5.32 Å². The standard InChI is InChI=1S/C19H13N5O3S2/c20-11-14-4-6-15(7-5-14)12-28-19-23-22-18(29-19)21-17(25)9-8-13-2-1-3-16(10-13)24(26)27/h1-10H,12H2,(H,21,22,25)/b9-8+. The molecule has 1 amide bonds. The molecule has 0 saturated heterocycles. The van der Waals surface area contributed by atoms with Crippen LogP contribution in [0.5, 0.6) is 0 Å². The molecular formula is C19H13N5O3S2. The van der Waals surface area contributed by atoms with Gasteiger partial charge in [0.25, 0.3) is 5.69 Å². The Morgan fingerprint density at radius 2 is 2.07 bits per heavy atom. The summed E-state index contributed by atoms with van der Waals surface area (Å²) < 4.78 is 0.701. The minimum Gasteiger partial charge on any atom is -0.297 e. The van der Waals surface area contributed by atoms with Crippen molar-refractivity contribution in [2.45, 2.75) is 10.1 Å². The van der Waals surface area contributed by atoms with Crippen molar-refractivity contribution in [1.82, 2.24) is 10.2 Å². The van der Waals surface area contributed by atoms with Gasteiger partial charge in [0, 0.05) is 24.0 Å². The molecule has 0 aliphatic heterocycles. The molecule has 10 heteroatoms. The van der Waals surface area contributed by atoms with Gasteiger partial charge in [-0.3, -0.25) is 20.2 Å². The molecule has 0 radical (unpaired) electrons. The fourth-order valence-electron chi connectivity index (χ4n) is 2.20. The summed E-state index contributed by atoms with van der Waals surface area (Å²) in [5, 5.41) is 30.5. The van der Waals surface area contributed by atoms with Crippen LogP contribution in [-0.2, 0) is 10.5 Å². The largest absolute Gasteiger partial charge is 0.297 e. The Balaban J connectivity index is 1.53. The monoisotopic (exact) mass is 423 g/mol. The van der Waals surface area contributed by atoms with Gasteiger partial charge in [0.1, 0.15) is 0 Å². The molecule has 1 N–H and O–H groups in total. The number of thioether (sulfide) groups is 1. The molecule has 0 aliphatic rings. The predicted octanol–water partition coefficient (Wildman–Crippen LogP) is 4.26. The van der Waals surface area contributed by atoms with Crippen molar-refractivity contribution in [1.29, 1.82) is 5.26 Å². The Morgan fingerprint density at radius 1 is 1.28 bits per heavy atom. The number of carbonyl (C=O) groups is 1. The second-order valence-corrected chi connectivity index (χ2v) is 7.85. The van der Waals surface area contributed by atoms with E-state index in [1.807, 2.05) is 12.1 Å². The highest BCUT2D eigenvalue weighted by molar-refractivity contribution is 8.00. The molecule has 0 saturated carbocycles. The number of aromatic nitrogens is 2. The lowest BCUT2D eigenvalue weighted by atomic mass is 10.2. The minimum absolute atomic E-state index is 0.0411. The Hall–Kier alpha value is -3.55. The number of benzene rings is 2. The summed E-state index contributed by atoms with van der Waals surface area (Å²) in [6.45, 7) is 0. The summed E-state index contributed by atoms with van der Waals surface area (Å²) in [5.74, 6) is 0.261. The molecule has 1 aromatic heterocycles. The first-order valence-electron chi connectivity index (χ1n) is 8.22. The Labute approximate surface area is 174 Å². The van der Waals surface area contributed by atoms with Crippen LogP contribution in [0.3, 0.4) is 0 Å². The summed E-state index contributed by atoms with van der Waals surface area (Å²) in [6.07, 6.45) is 2.77. The maximum atomic E-state index is 12.0. The van der Waals surface area contributed by atoms with Gasteiger partial charge in [-0.05, 0) is 29.3 Å². The van der Waals surface area contributed by atoms with Gasteiger partial charge in [-0.25, -0.2) is 0 Å². The maximum absolute atomic E-state index is 12.0. The molecule has 0 unspecified atom stereocenters. The number of nitriles is 1. The first-order chi connectivity index (χ1) is 14.0. The highest BCUT2D eigenvalue weighted by Gasteiger charge is 2.08. The van der Waals surface area contributed by atoms with Gasteiger partial charge < -0.3 is 0 Å². The van der Waals surface area contributed by atoms with Crippen molar-refractivity contribution < 1.29 is 9.72 Å². The van der Waals surface area contributed by atoms with Crippen molar-refractivity contribution >= 4 is 45.9 Å². The molecule has 2 aromatic carbocycles. The molecule has 3 aromatic rings. The minimum atomic E-state index is -0.490. The lowest BCUT2D eigenvalue weighted by Crippen LogP contribution is -2.07. The first kappa shape index (κ1) is 20.2. The van der Waals surface area contributed by atoms with E-state index in [2.05, 4.69) is 21.6 Å². The molecule has 0 bridgehead atoms. The number of nitrogens with one attached hydrogen (secondary N) is 1. The van der Waals surface area contributed by atoms with Crippen LogP contribution in [-0.4, -0.2) is 21.0 Å². The molecule has 8 nitrogen and oxygen atoms in total. The van der Waals surface area contributed by atoms with E-state index in [0.29, 0.717) is 26.4 Å².